The predicted octanol–water partition coefficient (Wildman–Crippen LogP) is 2.22. The van der Waals surface area contributed by atoms with Gasteiger partial charge < -0.3 is 4.90 Å². The minimum absolute atomic E-state index is 0.236. The van der Waals surface area contributed by atoms with Crippen LogP contribution in [0.2, 0.25) is 0 Å². The van der Waals surface area contributed by atoms with Gasteiger partial charge in [-0.25, -0.2) is 0 Å². The normalized spacial score (nSPS) is 19.2. The number of carbonyl (C=O) groups is 1. The quantitative estimate of drug-likeness (QED) is 0.755. The van der Waals surface area contributed by atoms with Gasteiger partial charge in [-0.2, -0.15) is 0 Å². The third-order valence-corrected chi connectivity index (χ3v) is 4.33. The Morgan fingerprint density at radius 1 is 1.00 bits per heavy atom. The Morgan fingerprint density at radius 3 is 1.82 bits per heavy atom. The first kappa shape index (κ1) is 14.5. The van der Waals surface area contributed by atoms with E-state index < -0.39 is 0 Å². The summed E-state index contributed by atoms with van der Waals surface area (Å²) in [5.74, 6) is 0.703. The second-order valence-electron chi connectivity index (χ2n) is 6.30. The van der Waals surface area contributed by atoms with Crippen molar-refractivity contribution in [2.24, 2.45) is 11.3 Å². The molecule has 3 nitrogen and oxygen atoms in total. The van der Waals surface area contributed by atoms with Gasteiger partial charge >= 0.3 is 0 Å². The molecule has 1 aliphatic rings. The summed E-state index contributed by atoms with van der Waals surface area (Å²) >= 11 is 0. The number of hydrogen-bond acceptors (Lipinski definition) is 2. The molecule has 0 aromatic carbocycles. The molecule has 0 bridgehead atoms. The molecule has 1 aliphatic heterocycles. The van der Waals surface area contributed by atoms with Crippen LogP contribution in [0, 0.1) is 11.3 Å². The zero-order valence-electron chi connectivity index (χ0n) is 12.3. The molecule has 0 saturated carbocycles. The van der Waals surface area contributed by atoms with Crippen molar-refractivity contribution in [2.45, 2.75) is 47.6 Å². The van der Waals surface area contributed by atoms with E-state index in [1.165, 1.54) is 0 Å². The summed E-state index contributed by atoms with van der Waals surface area (Å²) in [6.45, 7) is 16.6. The maximum Gasteiger partial charge on any atom is 0.228 e. The molecular weight excluding hydrogens is 212 g/mol. The van der Waals surface area contributed by atoms with Gasteiger partial charge in [-0.3, -0.25) is 9.69 Å². The molecule has 0 aromatic rings. The summed E-state index contributed by atoms with van der Waals surface area (Å²) in [6, 6.07) is 0.588. The molecule has 1 saturated heterocycles. The monoisotopic (exact) mass is 240 g/mol. The van der Waals surface area contributed by atoms with E-state index in [4.69, 9.17) is 0 Å². The van der Waals surface area contributed by atoms with E-state index in [0.717, 1.165) is 26.2 Å². The van der Waals surface area contributed by atoms with Crippen LogP contribution < -0.4 is 0 Å². The van der Waals surface area contributed by atoms with E-state index in [2.05, 4.69) is 46.4 Å². The molecule has 0 unspecified atom stereocenters. The fourth-order valence-electron chi connectivity index (χ4n) is 2.10. The average molecular weight is 240 g/mol. The lowest BCUT2D eigenvalue weighted by Crippen LogP contribution is -2.54. The van der Waals surface area contributed by atoms with Crippen LogP contribution in [0.3, 0.4) is 0 Å². The predicted molar refractivity (Wildman–Crippen MR) is 71.9 cm³/mol. The lowest BCUT2D eigenvalue weighted by Gasteiger charge is -2.41. The summed E-state index contributed by atoms with van der Waals surface area (Å²) in [5, 5.41) is 0. The molecule has 1 amide bonds. The van der Waals surface area contributed by atoms with Crippen LogP contribution in [0.1, 0.15) is 41.5 Å². The second kappa shape index (κ2) is 5.38. The van der Waals surface area contributed by atoms with Crippen molar-refractivity contribution in [1.82, 2.24) is 9.80 Å². The highest BCUT2D eigenvalue weighted by Crippen LogP contribution is 2.29. The largest absolute Gasteiger partial charge is 0.340 e. The highest BCUT2D eigenvalue weighted by Gasteiger charge is 2.36. The lowest BCUT2D eigenvalue weighted by atomic mass is 9.79. The van der Waals surface area contributed by atoms with Crippen molar-refractivity contribution in [3.63, 3.8) is 0 Å². The molecule has 0 radical (unpaired) electrons. The highest BCUT2D eigenvalue weighted by molar-refractivity contribution is 5.82. The Labute approximate surface area is 106 Å². The van der Waals surface area contributed by atoms with Gasteiger partial charge in [0.15, 0.2) is 0 Å². The first-order valence-corrected chi connectivity index (χ1v) is 6.80. The first-order chi connectivity index (χ1) is 7.76. The molecule has 0 aliphatic carbocycles. The summed E-state index contributed by atoms with van der Waals surface area (Å²) < 4.78 is 0. The number of hydrogen-bond donors (Lipinski definition) is 0. The zero-order valence-corrected chi connectivity index (χ0v) is 12.3. The zero-order chi connectivity index (χ0) is 13.2. The van der Waals surface area contributed by atoms with Crippen LogP contribution in [0.15, 0.2) is 0 Å². The van der Waals surface area contributed by atoms with Gasteiger partial charge in [0.05, 0.1) is 0 Å². The summed E-state index contributed by atoms with van der Waals surface area (Å²) in [7, 11) is 0. The van der Waals surface area contributed by atoms with E-state index in [0.29, 0.717) is 17.9 Å². The van der Waals surface area contributed by atoms with Crippen LogP contribution >= 0.6 is 0 Å². The minimum atomic E-state index is -0.236. The van der Waals surface area contributed by atoms with Gasteiger partial charge in [0, 0.05) is 37.6 Å². The lowest BCUT2D eigenvalue weighted by molar-refractivity contribution is -0.144. The second-order valence-corrected chi connectivity index (χ2v) is 6.30. The molecule has 0 aromatic heterocycles. The van der Waals surface area contributed by atoms with Crippen molar-refractivity contribution >= 4 is 5.91 Å². The third-order valence-electron chi connectivity index (χ3n) is 4.33. The standard InChI is InChI=1S/C14H28N2O/c1-11(2)14(5,6)13(17)16-9-7-15(8-10-16)12(3)4/h11-12H,7-10H2,1-6H3. The van der Waals surface area contributed by atoms with E-state index in [1.54, 1.807) is 0 Å². The highest BCUT2D eigenvalue weighted by atomic mass is 16.2. The number of rotatable bonds is 3. The van der Waals surface area contributed by atoms with Gasteiger partial charge in [0.2, 0.25) is 5.91 Å². The number of nitrogens with zero attached hydrogens (tertiary/aromatic N) is 2. The van der Waals surface area contributed by atoms with Crippen molar-refractivity contribution in [3.8, 4) is 0 Å². The molecular formula is C14H28N2O. The molecule has 0 N–H and O–H groups in total. The molecule has 100 valence electrons. The van der Waals surface area contributed by atoms with E-state index in [1.807, 2.05) is 4.90 Å². The Hall–Kier alpha value is -0.570. The van der Waals surface area contributed by atoms with Crippen LogP contribution in [-0.4, -0.2) is 47.9 Å². The summed E-state index contributed by atoms with van der Waals surface area (Å²) in [6.07, 6.45) is 0. The average Bonchev–Trinajstić information content (AvgIpc) is 2.27. The Bertz CT molecular complexity index is 263. The molecule has 0 spiro atoms. The minimum Gasteiger partial charge on any atom is -0.340 e. The van der Waals surface area contributed by atoms with Crippen LogP contribution in [-0.2, 0) is 4.79 Å². The smallest absolute Gasteiger partial charge is 0.228 e. The van der Waals surface area contributed by atoms with Gasteiger partial charge in [-0.15, -0.1) is 0 Å². The van der Waals surface area contributed by atoms with Crippen LogP contribution in [0.4, 0.5) is 0 Å². The van der Waals surface area contributed by atoms with Gasteiger partial charge in [0.25, 0.3) is 0 Å². The van der Waals surface area contributed by atoms with Crippen molar-refractivity contribution in [3.05, 3.63) is 0 Å². The molecule has 1 rings (SSSR count). The van der Waals surface area contributed by atoms with Gasteiger partial charge in [-0.1, -0.05) is 27.7 Å². The number of carbonyl (C=O) groups excluding carboxylic acids is 1. The molecule has 17 heavy (non-hydrogen) atoms. The van der Waals surface area contributed by atoms with Crippen molar-refractivity contribution in [1.29, 1.82) is 0 Å². The van der Waals surface area contributed by atoms with Crippen LogP contribution in [0.5, 0.6) is 0 Å². The maximum atomic E-state index is 12.4. The first-order valence-electron chi connectivity index (χ1n) is 6.80. The molecule has 1 heterocycles. The summed E-state index contributed by atoms with van der Waals surface area (Å²) in [4.78, 5) is 16.9. The topological polar surface area (TPSA) is 23.6 Å². The number of piperazine rings is 1. The molecule has 3 heteroatoms. The van der Waals surface area contributed by atoms with E-state index in [-0.39, 0.29) is 5.41 Å². The Morgan fingerprint density at radius 2 is 1.47 bits per heavy atom. The van der Waals surface area contributed by atoms with Crippen molar-refractivity contribution in [2.75, 3.05) is 26.2 Å². The fraction of sp³-hybridized carbons (Fsp3) is 0.929. The van der Waals surface area contributed by atoms with E-state index in [9.17, 15) is 4.79 Å². The fourth-order valence-corrected chi connectivity index (χ4v) is 2.10. The molecule has 1 fully saturated rings. The molecule has 0 atom stereocenters. The van der Waals surface area contributed by atoms with Crippen molar-refractivity contribution < 1.29 is 4.79 Å². The Balaban J connectivity index is 2.57. The number of amides is 1. The SMILES string of the molecule is CC(C)N1CCN(C(=O)C(C)(C)C(C)C)CC1. The van der Waals surface area contributed by atoms with E-state index >= 15 is 0 Å². The maximum absolute atomic E-state index is 12.4. The van der Waals surface area contributed by atoms with Gasteiger partial charge in [0.1, 0.15) is 0 Å². The van der Waals surface area contributed by atoms with Gasteiger partial charge in [-0.05, 0) is 19.8 Å². The summed E-state index contributed by atoms with van der Waals surface area (Å²) in [5.41, 5.74) is -0.236. The third kappa shape index (κ3) is 3.21. The van der Waals surface area contributed by atoms with Crippen LogP contribution in [0.25, 0.3) is 0 Å². The Kier molecular flexibility index (Phi) is 4.59.